The van der Waals surface area contributed by atoms with Gasteiger partial charge in [0.1, 0.15) is 10.6 Å². The highest BCUT2D eigenvalue weighted by Crippen LogP contribution is 2.31. The maximum Gasteiger partial charge on any atom is 0.223 e. The topological polar surface area (TPSA) is 73.1 Å². The third kappa shape index (κ3) is 2.58. The lowest BCUT2D eigenvalue weighted by Crippen LogP contribution is -2.32. The van der Waals surface area contributed by atoms with Crippen LogP contribution in [-0.4, -0.2) is 28.7 Å². The van der Waals surface area contributed by atoms with E-state index in [1.807, 2.05) is 0 Å². The van der Waals surface area contributed by atoms with Crippen LogP contribution in [0.4, 0.5) is 11.8 Å². The van der Waals surface area contributed by atoms with Crippen molar-refractivity contribution < 1.29 is 4.74 Å². The molecule has 2 aromatic rings. The molecule has 1 fully saturated rings. The van der Waals surface area contributed by atoms with E-state index in [1.54, 1.807) is 11.3 Å². The van der Waals surface area contributed by atoms with Crippen LogP contribution in [-0.2, 0) is 11.2 Å². The lowest BCUT2D eigenvalue weighted by molar-refractivity contribution is 0.0315. The molecule has 3 N–H and O–H groups in total. The van der Waals surface area contributed by atoms with Crippen molar-refractivity contribution in [3.05, 3.63) is 10.9 Å². The van der Waals surface area contributed by atoms with Crippen LogP contribution in [0, 0.1) is 0 Å². The van der Waals surface area contributed by atoms with Crippen molar-refractivity contribution in [3.8, 4) is 0 Å². The van der Waals surface area contributed by atoms with Crippen molar-refractivity contribution >= 4 is 33.3 Å². The first kappa shape index (κ1) is 13.6. The molecule has 1 aliphatic rings. The molecule has 108 valence electrons. The van der Waals surface area contributed by atoms with Gasteiger partial charge in [0.25, 0.3) is 0 Å². The molecule has 0 aromatic carbocycles. The summed E-state index contributed by atoms with van der Waals surface area (Å²) in [6, 6.07) is 2.15. The van der Waals surface area contributed by atoms with E-state index in [2.05, 4.69) is 35.2 Å². The van der Waals surface area contributed by atoms with Crippen molar-refractivity contribution in [2.24, 2.45) is 0 Å². The Morgan fingerprint density at radius 1 is 1.50 bits per heavy atom. The van der Waals surface area contributed by atoms with Crippen LogP contribution < -0.4 is 11.1 Å². The number of nitrogens with one attached hydrogen (secondary N) is 1. The number of ether oxygens (including phenoxy) is 1. The van der Waals surface area contributed by atoms with Crippen molar-refractivity contribution in [2.75, 3.05) is 24.2 Å². The minimum atomic E-state index is -0.102. The van der Waals surface area contributed by atoms with Gasteiger partial charge in [-0.05, 0) is 32.3 Å². The number of nitrogen functional groups attached to an aromatic ring is 1. The maximum absolute atomic E-state index is 5.81. The number of nitrogens with two attached hydrogens (primary N) is 1. The third-order valence-corrected chi connectivity index (χ3v) is 4.91. The van der Waals surface area contributed by atoms with Gasteiger partial charge in [0, 0.05) is 18.0 Å². The normalized spacial score (nSPS) is 22.5. The smallest absolute Gasteiger partial charge is 0.223 e. The molecule has 5 nitrogen and oxygen atoms in total. The second-order valence-corrected chi connectivity index (χ2v) is 6.59. The van der Waals surface area contributed by atoms with E-state index >= 15 is 0 Å². The zero-order chi connectivity index (χ0) is 14.2. The highest BCUT2D eigenvalue weighted by atomic mass is 32.1. The van der Waals surface area contributed by atoms with E-state index in [0.29, 0.717) is 5.95 Å². The summed E-state index contributed by atoms with van der Waals surface area (Å²) in [6.45, 7) is 5.87. The molecule has 1 saturated heterocycles. The molecule has 0 radical (unpaired) electrons. The first-order valence-electron chi connectivity index (χ1n) is 7.03. The fraction of sp³-hybridized carbons (Fsp3) is 0.571. The van der Waals surface area contributed by atoms with Crippen molar-refractivity contribution in [1.82, 2.24) is 9.97 Å². The van der Waals surface area contributed by atoms with Gasteiger partial charge in [0.2, 0.25) is 5.95 Å². The molecular weight excluding hydrogens is 272 g/mol. The van der Waals surface area contributed by atoms with Crippen LogP contribution in [0.1, 0.15) is 31.6 Å². The lowest BCUT2D eigenvalue weighted by Gasteiger charge is -2.23. The highest BCUT2D eigenvalue weighted by molar-refractivity contribution is 7.18. The number of aromatic nitrogens is 2. The fourth-order valence-electron chi connectivity index (χ4n) is 2.54. The van der Waals surface area contributed by atoms with Gasteiger partial charge in [-0.3, -0.25) is 0 Å². The van der Waals surface area contributed by atoms with Gasteiger partial charge < -0.3 is 15.8 Å². The number of nitrogens with zero attached hydrogens (tertiary/aromatic N) is 2. The standard InChI is InChI=1S/C14H20N4OS/c1-3-9-7-10-11(17-13(15)18-12(10)20-9)16-8-14(2)5-4-6-19-14/h7H,3-6,8H2,1-2H3,(H3,15,16,17,18). The van der Waals surface area contributed by atoms with Gasteiger partial charge in [-0.15, -0.1) is 11.3 Å². The molecule has 6 heteroatoms. The monoisotopic (exact) mass is 292 g/mol. The summed E-state index contributed by atoms with van der Waals surface area (Å²) in [5.41, 5.74) is 5.70. The van der Waals surface area contributed by atoms with E-state index in [1.165, 1.54) is 4.88 Å². The minimum absolute atomic E-state index is 0.102. The Labute approximate surface area is 122 Å². The minimum Gasteiger partial charge on any atom is -0.373 e. The van der Waals surface area contributed by atoms with Crippen molar-refractivity contribution in [3.63, 3.8) is 0 Å². The molecule has 1 unspecified atom stereocenters. The highest BCUT2D eigenvalue weighted by Gasteiger charge is 2.29. The Morgan fingerprint density at radius 3 is 3.05 bits per heavy atom. The third-order valence-electron chi connectivity index (χ3n) is 3.74. The van der Waals surface area contributed by atoms with E-state index < -0.39 is 0 Å². The molecule has 0 saturated carbocycles. The number of anilines is 2. The second kappa shape index (κ2) is 5.18. The van der Waals surface area contributed by atoms with Gasteiger partial charge in [-0.25, -0.2) is 4.98 Å². The van der Waals surface area contributed by atoms with Crippen LogP contribution in [0.15, 0.2) is 6.07 Å². The summed E-state index contributed by atoms with van der Waals surface area (Å²) >= 11 is 1.68. The van der Waals surface area contributed by atoms with Gasteiger partial charge in [0.15, 0.2) is 0 Å². The fourth-order valence-corrected chi connectivity index (χ4v) is 3.52. The average Bonchev–Trinajstić information content (AvgIpc) is 3.02. The zero-order valence-corrected chi connectivity index (χ0v) is 12.7. The second-order valence-electron chi connectivity index (χ2n) is 5.47. The van der Waals surface area contributed by atoms with Crippen molar-refractivity contribution in [1.29, 1.82) is 0 Å². The van der Waals surface area contributed by atoms with Crippen LogP contribution in [0.3, 0.4) is 0 Å². The summed E-state index contributed by atoms with van der Waals surface area (Å²) in [5, 5.41) is 4.46. The molecular formula is C14H20N4OS. The van der Waals surface area contributed by atoms with E-state index in [9.17, 15) is 0 Å². The SMILES string of the molecule is CCc1cc2c(NCC3(C)CCCO3)nc(N)nc2s1. The quantitative estimate of drug-likeness (QED) is 0.906. The van der Waals surface area contributed by atoms with Crippen LogP contribution >= 0.6 is 11.3 Å². The average molecular weight is 292 g/mol. The molecule has 2 aromatic heterocycles. The lowest BCUT2D eigenvalue weighted by atomic mass is 10.0. The predicted octanol–water partition coefficient (Wildman–Crippen LogP) is 2.82. The molecule has 3 rings (SSSR count). The summed E-state index contributed by atoms with van der Waals surface area (Å²) < 4.78 is 5.80. The number of thiophene rings is 1. The predicted molar refractivity (Wildman–Crippen MR) is 83.3 cm³/mol. The number of fused-ring (bicyclic) bond motifs is 1. The molecule has 0 amide bonds. The van der Waals surface area contributed by atoms with Crippen LogP contribution in [0.5, 0.6) is 0 Å². The maximum atomic E-state index is 5.81. The molecule has 3 heterocycles. The molecule has 1 atom stereocenters. The first-order chi connectivity index (χ1) is 9.59. The first-order valence-corrected chi connectivity index (χ1v) is 7.85. The Balaban J connectivity index is 1.88. The number of aryl methyl sites for hydroxylation is 1. The largest absolute Gasteiger partial charge is 0.373 e. The van der Waals surface area contributed by atoms with Crippen molar-refractivity contribution in [2.45, 2.75) is 38.7 Å². The summed E-state index contributed by atoms with van der Waals surface area (Å²) in [6.07, 6.45) is 3.20. The van der Waals surface area contributed by atoms with Gasteiger partial charge in [-0.1, -0.05) is 6.92 Å². The van der Waals surface area contributed by atoms with Gasteiger partial charge in [-0.2, -0.15) is 4.98 Å². The Hall–Kier alpha value is -1.40. The summed E-state index contributed by atoms with van der Waals surface area (Å²) in [5.74, 6) is 1.14. The molecule has 0 aliphatic carbocycles. The van der Waals surface area contributed by atoms with E-state index in [-0.39, 0.29) is 5.60 Å². The molecule has 0 spiro atoms. The number of hydrogen-bond acceptors (Lipinski definition) is 6. The molecule has 20 heavy (non-hydrogen) atoms. The Bertz CT molecular complexity index is 619. The zero-order valence-electron chi connectivity index (χ0n) is 11.9. The van der Waals surface area contributed by atoms with Gasteiger partial charge in [0.05, 0.1) is 11.0 Å². The molecule has 0 bridgehead atoms. The Kier molecular flexibility index (Phi) is 3.52. The summed E-state index contributed by atoms with van der Waals surface area (Å²) in [4.78, 5) is 10.9. The van der Waals surface area contributed by atoms with Gasteiger partial charge >= 0.3 is 0 Å². The van der Waals surface area contributed by atoms with Crippen LogP contribution in [0.25, 0.3) is 10.2 Å². The van der Waals surface area contributed by atoms with E-state index in [4.69, 9.17) is 10.5 Å². The molecule has 1 aliphatic heterocycles. The van der Waals surface area contributed by atoms with Crippen LogP contribution in [0.2, 0.25) is 0 Å². The number of rotatable bonds is 4. The number of hydrogen-bond donors (Lipinski definition) is 2. The van der Waals surface area contributed by atoms with E-state index in [0.717, 1.165) is 48.4 Å². The Morgan fingerprint density at radius 2 is 2.35 bits per heavy atom. The summed E-state index contributed by atoms with van der Waals surface area (Å²) in [7, 11) is 0.